The Labute approximate surface area is 184 Å². The van der Waals surface area contributed by atoms with Gasteiger partial charge in [-0.1, -0.05) is 37.3 Å². The van der Waals surface area contributed by atoms with Crippen LogP contribution in [0.15, 0.2) is 65.1 Å². The van der Waals surface area contributed by atoms with Crippen molar-refractivity contribution in [2.45, 2.75) is 19.8 Å². The molecule has 3 aromatic carbocycles. The van der Waals surface area contributed by atoms with Crippen LogP contribution in [-0.2, 0) is 17.6 Å². The topological polar surface area (TPSA) is 129 Å². The number of phenols is 1. The number of aryl methyl sites for hydroxylation is 1. The number of hydrogen-bond acceptors (Lipinski definition) is 7. The minimum Gasteiger partial charge on any atom is -0.504 e. The number of anilines is 2. The van der Waals surface area contributed by atoms with Crippen LogP contribution >= 0.6 is 0 Å². The normalized spacial score (nSPS) is 10.9. The maximum absolute atomic E-state index is 13.2. The predicted molar refractivity (Wildman–Crippen MR) is 122 cm³/mol. The number of ether oxygens (including phenoxy) is 1. The van der Waals surface area contributed by atoms with E-state index in [0.29, 0.717) is 34.5 Å². The van der Waals surface area contributed by atoms with Crippen LogP contribution < -0.4 is 16.2 Å². The number of benzene rings is 3. The zero-order valence-corrected chi connectivity index (χ0v) is 17.4. The lowest BCUT2D eigenvalue weighted by molar-refractivity contribution is -0.133. The number of hydrogen-bond donors (Lipinski definition) is 3. The monoisotopic (exact) mass is 430 g/mol. The highest BCUT2D eigenvalue weighted by atomic mass is 16.5. The summed E-state index contributed by atoms with van der Waals surface area (Å²) in [5, 5.41) is 10.4. The van der Waals surface area contributed by atoms with Gasteiger partial charge in [0.15, 0.2) is 11.5 Å². The molecule has 0 atom stereocenters. The smallest absolute Gasteiger partial charge is 0.315 e. The lowest BCUT2D eigenvalue weighted by Crippen LogP contribution is -2.11. The average Bonchev–Trinajstić information content (AvgIpc) is 3.15. The maximum Gasteiger partial charge on any atom is 0.315 e. The first kappa shape index (κ1) is 21.0. The quantitative estimate of drug-likeness (QED) is 0.137. The van der Waals surface area contributed by atoms with Gasteiger partial charge in [-0.15, -0.1) is 0 Å². The van der Waals surface area contributed by atoms with E-state index in [1.54, 1.807) is 18.2 Å². The van der Waals surface area contributed by atoms with E-state index in [0.717, 1.165) is 5.56 Å². The second-order valence-corrected chi connectivity index (χ2v) is 7.38. The van der Waals surface area contributed by atoms with Crippen LogP contribution in [0.4, 0.5) is 11.4 Å². The number of fused-ring (bicyclic) bond motifs is 1. The average molecular weight is 430 g/mol. The first-order valence-electron chi connectivity index (χ1n) is 10.1. The zero-order valence-electron chi connectivity index (χ0n) is 17.4. The number of nitrogens with two attached hydrogens (primary N) is 2. The summed E-state index contributed by atoms with van der Waals surface area (Å²) >= 11 is 0. The van der Waals surface area contributed by atoms with Crippen molar-refractivity contribution in [3.63, 3.8) is 0 Å². The predicted octanol–water partition coefficient (Wildman–Crippen LogP) is 4.24. The summed E-state index contributed by atoms with van der Waals surface area (Å²) < 4.78 is 11.3. The van der Waals surface area contributed by atoms with Crippen LogP contribution in [0.1, 0.15) is 34.2 Å². The summed E-state index contributed by atoms with van der Waals surface area (Å²) in [6, 6.07) is 17.0. The Morgan fingerprint density at radius 1 is 1.00 bits per heavy atom. The molecule has 0 fully saturated rings. The summed E-state index contributed by atoms with van der Waals surface area (Å²) in [6.07, 6.45) is 0.618. The van der Waals surface area contributed by atoms with Crippen molar-refractivity contribution < 1.29 is 23.8 Å². The van der Waals surface area contributed by atoms with Crippen molar-refractivity contribution in [1.82, 2.24) is 0 Å². The lowest BCUT2D eigenvalue weighted by atomic mass is 9.98. The Bertz CT molecular complexity index is 1300. The summed E-state index contributed by atoms with van der Waals surface area (Å²) in [6.45, 7) is 1.87. The molecule has 0 unspecified atom stereocenters. The molecule has 0 spiro atoms. The van der Waals surface area contributed by atoms with Gasteiger partial charge >= 0.3 is 5.97 Å². The van der Waals surface area contributed by atoms with Crippen molar-refractivity contribution in [3.8, 4) is 11.5 Å². The maximum atomic E-state index is 13.2. The third-order valence-electron chi connectivity index (χ3n) is 5.14. The third kappa shape index (κ3) is 4.00. The van der Waals surface area contributed by atoms with Crippen LogP contribution in [-0.4, -0.2) is 16.9 Å². The molecular weight excluding hydrogens is 408 g/mol. The molecule has 1 heterocycles. The fourth-order valence-corrected chi connectivity index (χ4v) is 3.57. The molecule has 4 rings (SSSR count). The summed E-state index contributed by atoms with van der Waals surface area (Å²) in [7, 11) is 0. The molecule has 0 aliphatic heterocycles. The second kappa shape index (κ2) is 8.47. The molecule has 162 valence electrons. The number of ketones is 1. The number of furan rings is 1. The Morgan fingerprint density at radius 2 is 1.69 bits per heavy atom. The molecule has 4 aromatic rings. The van der Waals surface area contributed by atoms with Crippen molar-refractivity contribution in [3.05, 3.63) is 83.1 Å². The number of esters is 1. The fraction of sp³-hybridized carbons (Fsp3) is 0.120. The van der Waals surface area contributed by atoms with Crippen molar-refractivity contribution >= 4 is 34.1 Å². The van der Waals surface area contributed by atoms with E-state index in [2.05, 4.69) is 0 Å². The standard InChI is InChI=1S/C25H22N2O5/c1-2-20-23(24(29)15-11-18(26)25(30)19(27)12-15)17-9-8-16(13-21(17)32-20)31-22(28)10-14-6-4-3-5-7-14/h3-9,11-13,30H,2,10,26-27H2,1H3. The lowest BCUT2D eigenvalue weighted by Gasteiger charge is -2.07. The Kier molecular flexibility index (Phi) is 5.55. The molecule has 0 saturated carbocycles. The molecular formula is C25H22N2O5. The number of nitrogen functional groups attached to an aromatic ring is 2. The van der Waals surface area contributed by atoms with Crippen LogP contribution in [0.25, 0.3) is 11.0 Å². The number of carbonyl (C=O) groups is 2. The molecule has 0 bridgehead atoms. The minimum atomic E-state index is -0.399. The third-order valence-corrected chi connectivity index (χ3v) is 5.14. The van der Waals surface area contributed by atoms with Gasteiger partial charge in [0, 0.05) is 23.4 Å². The number of carbonyl (C=O) groups excluding carboxylic acids is 2. The van der Waals surface area contributed by atoms with Crippen molar-refractivity contribution in [2.75, 3.05) is 11.5 Å². The number of phenolic OH excluding ortho intramolecular Hbond substituents is 1. The molecule has 0 saturated heterocycles. The van der Waals surface area contributed by atoms with E-state index in [-0.39, 0.29) is 34.9 Å². The fourth-order valence-electron chi connectivity index (χ4n) is 3.57. The van der Waals surface area contributed by atoms with Crippen LogP contribution in [0.5, 0.6) is 11.5 Å². The summed E-state index contributed by atoms with van der Waals surface area (Å²) in [5.74, 6) is -0.164. The molecule has 5 N–H and O–H groups in total. The van der Waals surface area contributed by atoms with Crippen LogP contribution in [0.3, 0.4) is 0 Å². The molecule has 0 radical (unpaired) electrons. The largest absolute Gasteiger partial charge is 0.504 e. The summed E-state index contributed by atoms with van der Waals surface area (Å²) in [4.78, 5) is 25.5. The van der Waals surface area contributed by atoms with Gasteiger partial charge in [0.25, 0.3) is 0 Å². The van der Waals surface area contributed by atoms with Gasteiger partial charge < -0.3 is 25.7 Å². The van der Waals surface area contributed by atoms with Gasteiger partial charge in [0.2, 0.25) is 0 Å². The van der Waals surface area contributed by atoms with Gasteiger partial charge in [-0.3, -0.25) is 9.59 Å². The molecule has 7 heteroatoms. The molecule has 0 amide bonds. The molecule has 1 aromatic heterocycles. The molecule has 0 aliphatic carbocycles. The first-order valence-corrected chi connectivity index (χ1v) is 10.1. The van der Waals surface area contributed by atoms with E-state index in [4.69, 9.17) is 20.6 Å². The Hall–Kier alpha value is -4.26. The zero-order chi connectivity index (χ0) is 22.8. The highest BCUT2D eigenvalue weighted by molar-refractivity contribution is 6.17. The number of aromatic hydroxyl groups is 1. The van der Waals surface area contributed by atoms with E-state index in [1.807, 2.05) is 37.3 Å². The molecule has 7 nitrogen and oxygen atoms in total. The van der Waals surface area contributed by atoms with Gasteiger partial charge in [0.1, 0.15) is 17.1 Å². The van der Waals surface area contributed by atoms with Gasteiger partial charge in [-0.05, 0) is 29.8 Å². The van der Waals surface area contributed by atoms with Gasteiger partial charge in [-0.25, -0.2) is 0 Å². The van der Waals surface area contributed by atoms with Crippen molar-refractivity contribution in [1.29, 1.82) is 0 Å². The minimum absolute atomic E-state index is 0.0202. The van der Waals surface area contributed by atoms with E-state index in [9.17, 15) is 14.7 Å². The second-order valence-electron chi connectivity index (χ2n) is 7.38. The highest BCUT2D eigenvalue weighted by Gasteiger charge is 2.23. The highest BCUT2D eigenvalue weighted by Crippen LogP contribution is 2.34. The SMILES string of the molecule is CCc1oc2cc(OC(=O)Cc3ccccc3)ccc2c1C(=O)c1cc(N)c(O)c(N)c1. The van der Waals surface area contributed by atoms with E-state index < -0.39 is 5.97 Å². The molecule has 0 aliphatic rings. The van der Waals surface area contributed by atoms with Crippen LogP contribution in [0, 0.1) is 0 Å². The van der Waals surface area contributed by atoms with E-state index in [1.165, 1.54) is 12.1 Å². The summed E-state index contributed by atoms with van der Waals surface area (Å²) in [5.41, 5.74) is 13.5. The van der Waals surface area contributed by atoms with Crippen LogP contribution in [0.2, 0.25) is 0 Å². The van der Waals surface area contributed by atoms with E-state index >= 15 is 0 Å². The Morgan fingerprint density at radius 3 is 2.34 bits per heavy atom. The number of rotatable bonds is 6. The molecule has 32 heavy (non-hydrogen) atoms. The Balaban J connectivity index is 1.65. The van der Waals surface area contributed by atoms with Gasteiger partial charge in [-0.2, -0.15) is 0 Å². The first-order chi connectivity index (χ1) is 15.4. The van der Waals surface area contributed by atoms with Crippen molar-refractivity contribution in [2.24, 2.45) is 0 Å². The van der Waals surface area contributed by atoms with Gasteiger partial charge in [0.05, 0.1) is 23.4 Å².